The van der Waals surface area contributed by atoms with Crippen molar-refractivity contribution in [2.45, 2.75) is 38.2 Å². The van der Waals surface area contributed by atoms with Gasteiger partial charge in [0.2, 0.25) is 0 Å². The Labute approximate surface area is 131 Å². The summed E-state index contributed by atoms with van der Waals surface area (Å²) in [6, 6.07) is 16.5. The average Bonchev–Trinajstić information content (AvgIpc) is 2.52. The maximum absolute atomic E-state index is 12.4. The third-order valence-electron chi connectivity index (χ3n) is 3.60. The Morgan fingerprint density at radius 1 is 1.10 bits per heavy atom. The van der Waals surface area contributed by atoms with Gasteiger partial charge in [-0.15, -0.1) is 11.8 Å². The van der Waals surface area contributed by atoms with Gasteiger partial charge in [-0.3, -0.25) is 4.79 Å². The van der Waals surface area contributed by atoms with Crippen LogP contribution in [0.5, 0.6) is 0 Å². The van der Waals surface area contributed by atoms with Gasteiger partial charge in [0.15, 0.2) is 5.78 Å². The third-order valence-corrected chi connectivity index (χ3v) is 4.81. The molecule has 0 spiro atoms. The first-order chi connectivity index (χ1) is 10.1. The number of Topliss-reactive ketones (excluding diaryl/α,β-unsaturated/α-hetero) is 1. The van der Waals surface area contributed by atoms with Crippen LogP contribution in [0, 0.1) is 6.92 Å². The topological polar surface area (TPSA) is 17.1 Å². The zero-order chi connectivity index (χ0) is 15.2. The molecule has 0 heterocycles. The Hall–Kier alpha value is -1.54. The fourth-order valence-electron chi connectivity index (χ4n) is 2.24. The summed E-state index contributed by atoms with van der Waals surface area (Å²) in [5.74, 6) is 1.09. The fraction of sp³-hybridized carbons (Fsp3) is 0.316. The molecule has 2 aromatic carbocycles. The highest BCUT2D eigenvalue weighted by atomic mass is 32.2. The van der Waals surface area contributed by atoms with Crippen molar-refractivity contribution in [1.82, 2.24) is 0 Å². The van der Waals surface area contributed by atoms with E-state index in [0.717, 1.165) is 17.7 Å². The van der Waals surface area contributed by atoms with Crippen LogP contribution < -0.4 is 0 Å². The quantitative estimate of drug-likeness (QED) is 0.693. The van der Waals surface area contributed by atoms with Crippen molar-refractivity contribution >= 4 is 17.5 Å². The van der Waals surface area contributed by atoms with Gasteiger partial charge >= 0.3 is 0 Å². The van der Waals surface area contributed by atoms with E-state index in [1.54, 1.807) is 11.8 Å². The summed E-state index contributed by atoms with van der Waals surface area (Å²) in [6.45, 7) is 6.21. The van der Waals surface area contributed by atoms with Gasteiger partial charge in [0.1, 0.15) is 0 Å². The zero-order valence-electron chi connectivity index (χ0n) is 12.9. The lowest BCUT2D eigenvalue weighted by Crippen LogP contribution is -2.13. The minimum atomic E-state index is -0.0158. The summed E-state index contributed by atoms with van der Waals surface area (Å²) in [6.07, 6.45) is 1.01. The Morgan fingerprint density at radius 3 is 2.43 bits per heavy atom. The molecule has 0 bridgehead atoms. The van der Waals surface area contributed by atoms with Gasteiger partial charge in [0, 0.05) is 11.3 Å². The van der Waals surface area contributed by atoms with Crippen LogP contribution in [0.15, 0.2) is 48.5 Å². The van der Waals surface area contributed by atoms with E-state index in [1.165, 1.54) is 16.7 Å². The van der Waals surface area contributed by atoms with Gasteiger partial charge in [-0.1, -0.05) is 61.0 Å². The van der Waals surface area contributed by atoms with Gasteiger partial charge in [0.05, 0.1) is 5.25 Å². The number of thioether (sulfide) groups is 1. The van der Waals surface area contributed by atoms with Crippen LogP contribution in [0.25, 0.3) is 0 Å². The monoisotopic (exact) mass is 298 g/mol. The lowest BCUT2D eigenvalue weighted by molar-refractivity contribution is 0.0994. The highest BCUT2D eigenvalue weighted by Gasteiger charge is 2.15. The van der Waals surface area contributed by atoms with E-state index >= 15 is 0 Å². The molecule has 21 heavy (non-hydrogen) atoms. The van der Waals surface area contributed by atoms with Crippen LogP contribution >= 0.6 is 11.8 Å². The molecule has 2 rings (SSSR count). The molecule has 110 valence electrons. The molecule has 0 aromatic heterocycles. The molecule has 0 fully saturated rings. The number of hydrogen-bond acceptors (Lipinski definition) is 2. The van der Waals surface area contributed by atoms with Crippen molar-refractivity contribution in [3.63, 3.8) is 0 Å². The summed E-state index contributed by atoms with van der Waals surface area (Å²) < 4.78 is 0. The molecule has 0 aliphatic heterocycles. The summed E-state index contributed by atoms with van der Waals surface area (Å²) in [4.78, 5) is 12.4. The van der Waals surface area contributed by atoms with Gasteiger partial charge in [-0.25, -0.2) is 0 Å². The smallest absolute Gasteiger partial charge is 0.175 e. The maximum atomic E-state index is 12.4. The molecule has 0 radical (unpaired) electrons. The summed E-state index contributed by atoms with van der Waals surface area (Å²) in [5, 5.41) is -0.0158. The molecule has 0 aliphatic carbocycles. The SMILES string of the molecule is CCc1ccc(C(=O)C(C)SCc2cccc(C)c2)cc1. The average molecular weight is 298 g/mol. The largest absolute Gasteiger partial charge is 0.293 e. The minimum absolute atomic E-state index is 0.0158. The van der Waals surface area contributed by atoms with E-state index in [2.05, 4.69) is 38.1 Å². The number of hydrogen-bond donors (Lipinski definition) is 0. The van der Waals surface area contributed by atoms with Crippen molar-refractivity contribution in [1.29, 1.82) is 0 Å². The Bertz CT molecular complexity index is 601. The molecule has 1 nitrogen and oxygen atoms in total. The zero-order valence-corrected chi connectivity index (χ0v) is 13.7. The molecule has 2 heteroatoms. The predicted molar refractivity (Wildman–Crippen MR) is 92.1 cm³/mol. The van der Waals surface area contributed by atoms with Crippen LogP contribution in [0.3, 0.4) is 0 Å². The van der Waals surface area contributed by atoms with Crippen LogP contribution in [-0.2, 0) is 12.2 Å². The van der Waals surface area contributed by atoms with Crippen LogP contribution in [0.1, 0.15) is 40.9 Å². The van der Waals surface area contributed by atoms with E-state index in [1.807, 2.05) is 31.2 Å². The molecular weight excluding hydrogens is 276 g/mol. The summed E-state index contributed by atoms with van der Waals surface area (Å²) >= 11 is 1.70. The van der Waals surface area contributed by atoms with E-state index in [0.29, 0.717) is 0 Å². The van der Waals surface area contributed by atoms with E-state index in [-0.39, 0.29) is 11.0 Å². The molecule has 1 unspecified atom stereocenters. The van der Waals surface area contributed by atoms with E-state index in [9.17, 15) is 4.79 Å². The van der Waals surface area contributed by atoms with Crippen molar-refractivity contribution in [2.24, 2.45) is 0 Å². The Balaban J connectivity index is 1.95. The predicted octanol–water partition coefficient (Wildman–Crippen LogP) is 5.06. The van der Waals surface area contributed by atoms with Crippen molar-refractivity contribution in [2.75, 3.05) is 0 Å². The first-order valence-electron chi connectivity index (χ1n) is 7.40. The first kappa shape index (κ1) is 15.8. The Morgan fingerprint density at radius 2 is 1.81 bits per heavy atom. The minimum Gasteiger partial charge on any atom is -0.293 e. The number of ketones is 1. The second kappa shape index (κ2) is 7.46. The molecule has 0 saturated heterocycles. The van der Waals surface area contributed by atoms with Crippen LogP contribution in [-0.4, -0.2) is 11.0 Å². The van der Waals surface area contributed by atoms with Gasteiger partial charge in [-0.2, -0.15) is 0 Å². The second-order valence-corrected chi connectivity index (χ2v) is 6.69. The maximum Gasteiger partial charge on any atom is 0.175 e. The highest BCUT2D eigenvalue weighted by molar-refractivity contribution is 7.99. The van der Waals surface area contributed by atoms with E-state index < -0.39 is 0 Å². The fourth-order valence-corrected chi connectivity index (χ4v) is 3.15. The van der Waals surface area contributed by atoms with Gasteiger partial charge < -0.3 is 0 Å². The lowest BCUT2D eigenvalue weighted by atomic mass is 10.1. The van der Waals surface area contributed by atoms with E-state index in [4.69, 9.17) is 0 Å². The standard InChI is InChI=1S/C19H22OS/c1-4-16-8-10-18(11-9-16)19(20)15(3)21-13-17-7-5-6-14(2)12-17/h5-12,15H,4,13H2,1-3H3. The number of aryl methyl sites for hydroxylation is 2. The number of carbonyl (C=O) groups is 1. The highest BCUT2D eigenvalue weighted by Crippen LogP contribution is 2.22. The second-order valence-electron chi connectivity index (χ2n) is 5.36. The third kappa shape index (κ3) is 4.47. The molecule has 0 N–H and O–H groups in total. The molecule has 0 aliphatic rings. The molecule has 1 atom stereocenters. The summed E-state index contributed by atoms with van der Waals surface area (Å²) in [5.41, 5.74) is 4.63. The first-order valence-corrected chi connectivity index (χ1v) is 8.45. The normalized spacial score (nSPS) is 12.1. The summed E-state index contributed by atoms with van der Waals surface area (Å²) in [7, 11) is 0. The van der Waals surface area contributed by atoms with Crippen LogP contribution in [0.4, 0.5) is 0 Å². The Kier molecular flexibility index (Phi) is 5.63. The van der Waals surface area contributed by atoms with Crippen LogP contribution in [0.2, 0.25) is 0 Å². The van der Waals surface area contributed by atoms with Crippen molar-refractivity contribution < 1.29 is 4.79 Å². The number of rotatable bonds is 6. The number of benzene rings is 2. The van der Waals surface area contributed by atoms with Crippen molar-refractivity contribution in [3.05, 3.63) is 70.8 Å². The van der Waals surface area contributed by atoms with Crippen molar-refractivity contribution in [3.8, 4) is 0 Å². The molecule has 2 aromatic rings. The van der Waals surface area contributed by atoms with Gasteiger partial charge in [0.25, 0.3) is 0 Å². The molecule has 0 saturated carbocycles. The lowest BCUT2D eigenvalue weighted by Gasteiger charge is -2.11. The number of carbonyl (C=O) groups excluding carboxylic acids is 1. The molecular formula is C19H22OS. The molecule has 0 amide bonds. The van der Waals surface area contributed by atoms with Gasteiger partial charge in [-0.05, 0) is 31.4 Å².